The van der Waals surface area contributed by atoms with Gasteiger partial charge in [0.2, 0.25) is 0 Å². The van der Waals surface area contributed by atoms with Crippen molar-refractivity contribution in [1.82, 2.24) is 5.32 Å². The molecular formula is C11H23N. The van der Waals surface area contributed by atoms with Crippen molar-refractivity contribution in [1.29, 1.82) is 0 Å². The first kappa shape index (κ1) is 10.0. The van der Waals surface area contributed by atoms with E-state index in [1.54, 1.807) is 0 Å². The van der Waals surface area contributed by atoms with Crippen LogP contribution in [0.3, 0.4) is 0 Å². The van der Waals surface area contributed by atoms with Crippen LogP contribution in [0.1, 0.15) is 58.8 Å². The van der Waals surface area contributed by atoms with Crippen LogP contribution in [0.5, 0.6) is 0 Å². The molecule has 1 N–H and O–H groups in total. The Morgan fingerprint density at radius 3 is 2.50 bits per heavy atom. The van der Waals surface area contributed by atoms with Crippen LogP contribution in [0.4, 0.5) is 0 Å². The third kappa shape index (κ3) is 3.14. The second-order valence-corrected chi connectivity index (χ2v) is 4.36. The smallest absolute Gasteiger partial charge is 0.0150 e. The summed E-state index contributed by atoms with van der Waals surface area (Å²) in [6.45, 7) is 5.90. The lowest BCUT2D eigenvalue weighted by Crippen LogP contribution is -2.41. The highest BCUT2D eigenvalue weighted by atomic mass is 15.0. The van der Waals surface area contributed by atoms with Gasteiger partial charge in [-0.15, -0.1) is 0 Å². The number of rotatable bonds is 1. The Kier molecular flexibility index (Phi) is 4.07. The predicted molar refractivity (Wildman–Crippen MR) is 54.4 cm³/mol. The zero-order valence-corrected chi connectivity index (χ0v) is 8.66. The van der Waals surface area contributed by atoms with Crippen LogP contribution < -0.4 is 5.32 Å². The summed E-state index contributed by atoms with van der Waals surface area (Å²) in [5, 5.41) is 3.69. The third-order valence-electron chi connectivity index (χ3n) is 3.24. The van der Waals surface area contributed by atoms with E-state index < -0.39 is 0 Å². The summed E-state index contributed by atoms with van der Waals surface area (Å²) < 4.78 is 0. The van der Waals surface area contributed by atoms with E-state index in [4.69, 9.17) is 0 Å². The predicted octanol–water partition coefficient (Wildman–Crippen LogP) is 3.10. The van der Waals surface area contributed by atoms with Gasteiger partial charge >= 0.3 is 0 Å². The maximum absolute atomic E-state index is 3.69. The first-order chi connectivity index (χ1) is 5.77. The molecule has 12 heavy (non-hydrogen) atoms. The van der Waals surface area contributed by atoms with Crippen LogP contribution in [-0.2, 0) is 0 Å². The first-order valence-electron chi connectivity index (χ1n) is 5.52. The second kappa shape index (κ2) is 4.86. The largest absolute Gasteiger partial charge is 0.312 e. The molecule has 0 radical (unpaired) electrons. The molecule has 0 aromatic heterocycles. The summed E-state index contributed by atoms with van der Waals surface area (Å²) in [4.78, 5) is 0. The van der Waals surface area contributed by atoms with Gasteiger partial charge in [-0.2, -0.15) is 0 Å². The van der Waals surface area contributed by atoms with Gasteiger partial charge in [0.15, 0.2) is 0 Å². The highest BCUT2D eigenvalue weighted by Crippen LogP contribution is 2.20. The molecular weight excluding hydrogens is 146 g/mol. The molecule has 1 aliphatic heterocycles. The SMILES string of the molecule is CCC1(C)CCCCCCCN1. The highest BCUT2D eigenvalue weighted by Gasteiger charge is 2.20. The lowest BCUT2D eigenvalue weighted by Gasteiger charge is -2.29. The molecule has 0 aromatic carbocycles. The summed E-state index contributed by atoms with van der Waals surface area (Å²) in [5.74, 6) is 0. The molecule has 1 atom stereocenters. The molecule has 0 aromatic rings. The Balaban J connectivity index is 2.38. The Morgan fingerprint density at radius 1 is 1.08 bits per heavy atom. The topological polar surface area (TPSA) is 12.0 Å². The van der Waals surface area contributed by atoms with Gasteiger partial charge in [0.05, 0.1) is 0 Å². The molecule has 1 aliphatic rings. The fourth-order valence-electron chi connectivity index (χ4n) is 1.95. The van der Waals surface area contributed by atoms with E-state index in [1.165, 1.54) is 51.5 Å². The Morgan fingerprint density at radius 2 is 1.75 bits per heavy atom. The Hall–Kier alpha value is -0.0400. The zero-order chi connectivity index (χ0) is 8.86. The van der Waals surface area contributed by atoms with Gasteiger partial charge in [-0.3, -0.25) is 0 Å². The summed E-state index contributed by atoms with van der Waals surface area (Å²) in [6.07, 6.45) is 9.73. The molecule has 0 amide bonds. The number of hydrogen-bond donors (Lipinski definition) is 1. The van der Waals surface area contributed by atoms with E-state index in [2.05, 4.69) is 19.2 Å². The maximum atomic E-state index is 3.69. The molecule has 1 unspecified atom stereocenters. The summed E-state index contributed by atoms with van der Waals surface area (Å²) in [5.41, 5.74) is 0.435. The van der Waals surface area contributed by atoms with E-state index in [1.807, 2.05) is 0 Å². The molecule has 1 saturated heterocycles. The lowest BCUT2D eigenvalue weighted by atomic mass is 9.92. The van der Waals surface area contributed by atoms with Crippen molar-refractivity contribution in [2.75, 3.05) is 6.54 Å². The lowest BCUT2D eigenvalue weighted by molar-refractivity contribution is 0.316. The fraction of sp³-hybridized carbons (Fsp3) is 1.00. The third-order valence-corrected chi connectivity index (χ3v) is 3.24. The van der Waals surface area contributed by atoms with Crippen molar-refractivity contribution < 1.29 is 0 Å². The Bertz CT molecular complexity index is 110. The Labute approximate surface area is 76.9 Å². The van der Waals surface area contributed by atoms with Crippen molar-refractivity contribution in [2.24, 2.45) is 0 Å². The van der Waals surface area contributed by atoms with Gasteiger partial charge in [-0.1, -0.05) is 32.6 Å². The quantitative estimate of drug-likeness (QED) is 0.636. The monoisotopic (exact) mass is 169 g/mol. The molecule has 72 valence electrons. The van der Waals surface area contributed by atoms with Crippen molar-refractivity contribution in [3.8, 4) is 0 Å². The van der Waals surface area contributed by atoms with Crippen molar-refractivity contribution in [3.05, 3.63) is 0 Å². The van der Waals surface area contributed by atoms with E-state index in [0.717, 1.165) is 0 Å². The summed E-state index contributed by atoms with van der Waals surface area (Å²) in [6, 6.07) is 0. The van der Waals surface area contributed by atoms with E-state index in [9.17, 15) is 0 Å². The molecule has 0 saturated carbocycles. The van der Waals surface area contributed by atoms with Crippen molar-refractivity contribution in [2.45, 2.75) is 64.3 Å². The second-order valence-electron chi connectivity index (χ2n) is 4.36. The summed E-state index contributed by atoms with van der Waals surface area (Å²) in [7, 11) is 0. The minimum absolute atomic E-state index is 0.435. The molecule has 1 heteroatoms. The van der Waals surface area contributed by atoms with E-state index in [-0.39, 0.29) is 0 Å². The average Bonchev–Trinajstić information content (AvgIpc) is 2.18. The number of nitrogens with one attached hydrogen (secondary N) is 1. The molecule has 0 aliphatic carbocycles. The van der Waals surface area contributed by atoms with Crippen LogP contribution in [0, 0.1) is 0 Å². The first-order valence-corrected chi connectivity index (χ1v) is 5.52. The minimum atomic E-state index is 0.435. The van der Waals surface area contributed by atoms with E-state index in [0.29, 0.717) is 5.54 Å². The molecule has 0 bridgehead atoms. The molecule has 1 heterocycles. The maximum Gasteiger partial charge on any atom is 0.0150 e. The van der Waals surface area contributed by atoms with Gasteiger partial charge in [-0.05, 0) is 32.7 Å². The van der Waals surface area contributed by atoms with Gasteiger partial charge in [0, 0.05) is 5.54 Å². The van der Waals surface area contributed by atoms with Crippen molar-refractivity contribution in [3.63, 3.8) is 0 Å². The molecule has 1 rings (SSSR count). The van der Waals surface area contributed by atoms with Gasteiger partial charge in [0.1, 0.15) is 0 Å². The standard InChI is InChI=1S/C11H23N/c1-3-11(2)9-7-5-4-6-8-10-12-11/h12H,3-10H2,1-2H3. The van der Waals surface area contributed by atoms with Crippen LogP contribution >= 0.6 is 0 Å². The molecule has 1 fully saturated rings. The minimum Gasteiger partial charge on any atom is -0.312 e. The van der Waals surface area contributed by atoms with Gasteiger partial charge < -0.3 is 5.32 Å². The molecule has 1 nitrogen and oxygen atoms in total. The zero-order valence-electron chi connectivity index (χ0n) is 8.66. The van der Waals surface area contributed by atoms with Gasteiger partial charge in [0.25, 0.3) is 0 Å². The van der Waals surface area contributed by atoms with Crippen molar-refractivity contribution >= 4 is 0 Å². The van der Waals surface area contributed by atoms with Crippen LogP contribution in [0.25, 0.3) is 0 Å². The summed E-state index contributed by atoms with van der Waals surface area (Å²) >= 11 is 0. The van der Waals surface area contributed by atoms with Crippen LogP contribution in [0.15, 0.2) is 0 Å². The highest BCUT2D eigenvalue weighted by molar-refractivity contribution is 4.81. The average molecular weight is 169 g/mol. The number of hydrogen-bond acceptors (Lipinski definition) is 1. The van der Waals surface area contributed by atoms with E-state index >= 15 is 0 Å². The van der Waals surface area contributed by atoms with Crippen LogP contribution in [-0.4, -0.2) is 12.1 Å². The fourth-order valence-corrected chi connectivity index (χ4v) is 1.95. The normalized spacial score (nSPS) is 33.5. The molecule has 0 spiro atoms. The van der Waals surface area contributed by atoms with Crippen LogP contribution in [0.2, 0.25) is 0 Å². The van der Waals surface area contributed by atoms with Gasteiger partial charge in [-0.25, -0.2) is 0 Å².